The Morgan fingerprint density at radius 3 is 2.59 bits per heavy atom. The molecular formula is C20H18N2. The number of para-hydroxylation sites is 1. The highest BCUT2D eigenvalue weighted by molar-refractivity contribution is 5.89. The molecule has 2 heteroatoms. The first-order chi connectivity index (χ1) is 10.8. The summed E-state index contributed by atoms with van der Waals surface area (Å²) in [5, 5.41) is 1.37. The van der Waals surface area contributed by atoms with E-state index in [4.69, 9.17) is 4.98 Å². The van der Waals surface area contributed by atoms with Gasteiger partial charge in [0.25, 0.3) is 0 Å². The van der Waals surface area contributed by atoms with Crippen molar-refractivity contribution in [2.75, 3.05) is 0 Å². The molecule has 2 heterocycles. The highest BCUT2D eigenvalue weighted by Crippen LogP contribution is 2.57. The molecule has 2 unspecified atom stereocenters. The van der Waals surface area contributed by atoms with Gasteiger partial charge in [0.2, 0.25) is 0 Å². The Kier molecular flexibility index (Phi) is 2.46. The Hall–Kier alpha value is -2.22. The first kappa shape index (κ1) is 12.3. The van der Waals surface area contributed by atoms with Crippen molar-refractivity contribution in [3.05, 3.63) is 59.4 Å². The van der Waals surface area contributed by atoms with E-state index in [0.717, 1.165) is 17.1 Å². The predicted octanol–water partition coefficient (Wildman–Crippen LogP) is 4.97. The fourth-order valence-corrected chi connectivity index (χ4v) is 4.44. The van der Waals surface area contributed by atoms with Gasteiger partial charge in [-0.2, -0.15) is 0 Å². The van der Waals surface area contributed by atoms with E-state index in [1.165, 1.54) is 41.5 Å². The number of fused-ring (bicyclic) bond motifs is 7. The smallest absolute Gasteiger partial charge is 0.0762 e. The van der Waals surface area contributed by atoms with E-state index in [1.807, 2.05) is 13.1 Å². The summed E-state index contributed by atoms with van der Waals surface area (Å²) in [5.41, 5.74) is 7.62. The second kappa shape index (κ2) is 4.39. The van der Waals surface area contributed by atoms with Crippen molar-refractivity contribution in [1.29, 1.82) is 0 Å². The van der Waals surface area contributed by atoms with Crippen LogP contribution in [0.4, 0.5) is 0 Å². The molecule has 1 fully saturated rings. The Balaban J connectivity index is 1.86. The van der Waals surface area contributed by atoms with E-state index >= 15 is 0 Å². The molecule has 22 heavy (non-hydrogen) atoms. The average molecular weight is 286 g/mol. The second-order valence-corrected chi connectivity index (χ2v) is 6.70. The molecule has 0 amide bonds. The number of hydrogen-bond donors (Lipinski definition) is 0. The first-order valence-corrected chi connectivity index (χ1v) is 8.17. The van der Waals surface area contributed by atoms with Crippen LogP contribution in [0.25, 0.3) is 22.2 Å². The van der Waals surface area contributed by atoms with Crippen molar-refractivity contribution in [1.82, 2.24) is 9.97 Å². The Bertz CT molecular complexity index is 880. The molecule has 1 saturated carbocycles. The Morgan fingerprint density at radius 1 is 0.955 bits per heavy atom. The number of aryl methyl sites for hydroxylation is 1. The minimum Gasteiger partial charge on any atom is -0.261 e. The summed E-state index contributed by atoms with van der Waals surface area (Å²) in [6.07, 6.45) is 5.97. The lowest BCUT2D eigenvalue weighted by Gasteiger charge is -2.20. The molecule has 1 aromatic carbocycles. The van der Waals surface area contributed by atoms with E-state index in [2.05, 4.69) is 41.4 Å². The molecule has 0 spiro atoms. The van der Waals surface area contributed by atoms with Crippen molar-refractivity contribution in [2.45, 2.75) is 38.0 Å². The van der Waals surface area contributed by atoms with Crippen LogP contribution in [0, 0.1) is 6.92 Å². The van der Waals surface area contributed by atoms with Crippen molar-refractivity contribution >= 4 is 10.9 Å². The van der Waals surface area contributed by atoms with E-state index in [9.17, 15) is 0 Å². The third-order valence-corrected chi connectivity index (χ3v) is 5.41. The van der Waals surface area contributed by atoms with Crippen LogP contribution in [0.1, 0.15) is 47.9 Å². The molecule has 2 aliphatic carbocycles. The lowest BCUT2D eigenvalue weighted by atomic mass is 9.86. The molecule has 108 valence electrons. The van der Waals surface area contributed by atoms with Gasteiger partial charge in [0.05, 0.1) is 11.2 Å². The molecular weight excluding hydrogens is 268 g/mol. The van der Waals surface area contributed by atoms with Crippen molar-refractivity contribution in [3.63, 3.8) is 0 Å². The molecule has 0 saturated heterocycles. The van der Waals surface area contributed by atoms with Gasteiger partial charge in [0, 0.05) is 22.8 Å². The van der Waals surface area contributed by atoms with Gasteiger partial charge < -0.3 is 0 Å². The summed E-state index contributed by atoms with van der Waals surface area (Å²) >= 11 is 0. The van der Waals surface area contributed by atoms with Gasteiger partial charge in [-0.3, -0.25) is 4.98 Å². The number of benzene rings is 1. The van der Waals surface area contributed by atoms with Crippen LogP contribution in [0.2, 0.25) is 0 Å². The largest absolute Gasteiger partial charge is 0.261 e. The highest BCUT2D eigenvalue weighted by Gasteiger charge is 2.40. The fourth-order valence-electron chi connectivity index (χ4n) is 4.44. The third kappa shape index (κ3) is 1.61. The molecule has 3 aromatic rings. The predicted molar refractivity (Wildman–Crippen MR) is 89.0 cm³/mol. The zero-order valence-corrected chi connectivity index (χ0v) is 12.7. The van der Waals surface area contributed by atoms with Gasteiger partial charge in [0.1, 0.15) is 0 Å². The molecule has 2 aliphatic rings. The maximum Gasteiger partial charge on any atom is 0.0762 e. The van der Waals surface area contributed by atoms with E-state index in [0.29, 0.717) is 5.92 Å². The number of nitrogens with zero attached hydrogens (tertiary/aromatic N) is 2. The van der Waals surface area contributed by atoms with E-state index in [1.54, 1.807) is 5.56 Å². The Morgan fingerprint density at radius 2 is 1.77 bits per heavy atom. The summed E-state index contributed by atoms with van der Waals surface area (Å²) in [7, 11) is 0. The molecule has 0 N–H and O–H groups in total. The summed E-state index contributed by atoms with van der Waals surface area (Å²) in [6, 6.07) is 12.9. The number of aromatic nitrogens is 2. The fraction of sp³-hybridized carbons (Fsp3) is 0.300. The SMILES string of the molecule is Cc1ccc(-c2nc3ccccc3c3c2C2CCC3C2)cn1. The van der Waals surface area contributed by atoms with Crippen LogP contribution in [0.5, 0.6) is 0 Å². The average Bonchev–Trinajstić information content (AvgIpc) is 3.17. The van der Waals surface area contributed by atoms with Gasteiger partial charge in [0.15, 0.2) is 0 Å². The number of hydrogen-bond acceptors (Lipinski definition) is 2. The van der Waals surface area contributed by atoms with Gasteiger partial charge in [-0.05, 0) is 67.3 Å². The van der Waals surface area contributed by atoms with E-state index in [-0.39, 0.29) is 0 Å². The number of pyridine rings is 2. The van der Waals surface area contributed by atoms with Gasteiger partial charge >= 0.3 is 0 Å². The van der Waals surface area contributed by atoms with Crippen LogP contribution < -0.4 is 0 Å². The van der Waals surface area contributed by atoms with Gasteiger partial charge in [-0.25, -0.2) is 4.98 Å². The van der Waals surface area contributed by atoms with Crippen LogP contribution in [0.3, 0.4) is 0 Å². The van der Waals surface area contributed by atoms with Gasteiger partial charge in [-0.15, -0.1) is 0 Å². The summed E-state index contributed by atoms with van der Waals surface area (Å²) in [5.74, 6) is 1.44. The highest BCUT2D eigenvalue weighted by atomic mass is 14.7. The minimum atomic E-state index is 0.702. The van der Waals surface area contributed by atoms with Crippen molar-refractivity contribution in [2.24, 2.45) is 0 Å². The molecule has 0 radical (unpaired) electrons. The second-order valence-electron chi connectivity index (χ2n) is 6.70. The molecule has 2 aromatic heterocycles. The normalized spacial score (nSPS) is 22.2. The molecule has 2 nitrogen and oxygen atoms in total. The quantitative estimate of drug-likeness (QED) is 0.631. The summed E-state index contributed by atoms with van der Waals surface area (Å²) < 4.78 is 0. The van der Waals surface area contributed by atoms with Crippen LogP contribution in [0.15, 0.2) is 42.6 Å². The molecule has 0 aliphatic heterocycles. The van der Waals surface area contributed by atoms with Crippen LogP contribution in [-0.2, 0) is 0 Å². The zero-order chi connectivity index (χ0) is 14.7. The summed E-state index contributed by atoms with van der Waals surface area (Å²) in [6.45, 7) is 2.03. The molecule has 2 atom stereocenters. The Labute approximate surface area is 130 Å². The van der Waals surface area contributed by atoms with E-state index < -0.39 is 0 Å². The number of rotatable bonds is 1. The summed E-state index contributed by atoms with van der Waals surface area (Å²) in [4.78, 5) is 9.51. The van der Waals surface area contributed by atoms with Crippen molar-refractivity contribution in [3.8, 4) is 11.3 Å². The molecule has 5 rings (SSSR count). The first-order valence-electron chi connectivity index (χ1n) is 8.17. The standard InChI is InChI=1S/C20H18N2/c1-12-6-7-15(11-21-12)20-19-14-9-8-13(10-14)18(19)16-4-2-3-5-17(16)22-20/h2-7,11,13-14H,8-10H2,1H3. The van der Waals surface area contributed by atoms with Crippen LogP contribution >= 0.6 is 0 Å². The molecule has 2 bridgehead atoms. The monoisotopic (exact) mass is 286 g/mol. The maximum absolute atomic E-state index is 5.03. The lowest BCUT2D eigenvalue weighted by Crippen LogP contribution is -2.04. The third-order valence-electron chi connectivity index (χ3n) is 5.41. The zero-order valence-electron chi connectivity index (χ0n) is 12.7. The van der Waals surface area contributed by atoms with Crippen LogP contribution in [-0.4, -0.2) is 9.97 Å². The van der Waals surface area contributed by atoms with Gasteiger partial charge in [-0.1, -0.05) is 18.2 Å². The van der Waals surface area contributed by atoms with Crippen molar-refractivity contribution < 1.29 is 0 Å². The lowest BCUT2D eigenvalue weighted by molar-refractivity contribution is 0.720. The minimum absolute atomic E-state index is 0.702. The maximum atomic E-state index is 5.03. The topological polar surface area (TPSA) is 25.8 Å².